The van der Waals surface area contributed by atoms with Gasteiger partial charge in [0, 0.05) is 11.4 Å². The van der Waals surface area contributed by atoms with E-state index >= 15 is 0 Å². The molecule has 0 spiro atoms. The van der Waals surface area contributed by atoms with E-state index in [9.17, 15) is 0 Å². The highest BCUT2D eigenvalue weighted by atomic mass is 16.5. The molecule has 0 saturated carbocycles. The number of methoxy groups -OCH3 is 1. The molecule has 126 valence electrons. The van der Waals surface area contributed by atoms with Crippen molar-refractivity contribution in [1.82, 2.24) is 0 Å². The number of fused-ring (bicyclic) bond motifs is 5. The third kappa shape index (κ3) is 2.42. The molecule has 5 rings (SSSR count). The second-order valence-corrected chi connectivity index (χ2v) is 6.72. The molecule has 4 aromatic rings. The first-order valence-electron chi connectivity index (χ1n) is 8.87. The van der Waals surface area contributed by atoms with Crippen molar-refractivity contribution < 1.29 is 4.74 Å². The van der Waals surface area contributed by atoms with Gasteiger partial charge in [0.05, 0.1) is 7.11 Å². The predicted octanol–water partition coefficient (Wildman–Crippen LogP) is 6.16. The van der Waals surface area contributed by atoms with Gasteiger partial charge in [0.2, 0.25) is 0 Å². The van der Waals surface area contributed by atoms with Gasteiger partial charge in [-0.25, -0.2) is 0 Å². The molecule has 4 aromatic carbocycles. The molecule has 0 radical (unpaired) electrons. The zero-order valence-electron chi connectivity index (χ0n) is 14.6. The Balaban J connectivity index is 1.57. The molecule has 0 saturated heterocycles. The molecular weight excluding hydrogens is 318 g/mol. The van der Waals surface area contributed by atoms with E-state index < -0.39 is 0 Å². The quantitative estimate of drug-likeness (QED) is 0.425. The Labute approximate surface area is 153 Å². The molecule has 0 atom stereocenters. The first-order valence-corrected chi connectivity index (χ1v) is 8.87. The first kappa shape index (κ1) is 15.0. The lowest BCUT2D eigenvalue weighted by Crippen LogP contribution is -1.92. The summed E-state index contributed by atoms with van der Waals surface area (Å²) in [5, 5.41) is 6.15. The smallest absolute Gasteiger partial charge is 0.119 e. The fraction of sp³-hybridized carbons (Fsp3) is 0.0833. The van der Waals surface area contributed by atoms with E-state index in [2.05, 4.69) is 59.9 Å². The number of anilines is 2. The van der Waals surface area contributed by atoms with E-state index in [0.29, 0.717) is 0 Å². The lowest BCUT2D eigenvalue weighted by Gasteiger charge is -2.11. The van der Waals surface area contributed by atoms with Crippen LogP contribution in [0.1, 0.15) is 11.1 Å². The number of ether oxygens (including phenoxy) is 1. The van der Waals surface area contributed by atoms with E-state index in [0.717, 1.165) is 23.5 Å². The molecule has 0 fully saturated rings. The Kier molecular flexibility index (Phi) is 3.42. The molecule has 0 amide bonds. The van der Waals surface area contributed by atoms with E-state index in [1.54, 1.807) is 7.11 Å². The van der Waals surface area contributed by atoms with Crippen LogP contribution in [-0.2, 0) is 6.42 Å². The third-order valence-corrected chi connectivity index (χ3v) is 5.15. The summed E-state index contributed by atoms with van der Waals surface area (Å²) < 4.78 is 5.23. The van der Waals surface area contributed by atoms with Gasteiger partial charge in [0.25, 0.3) is 0 Å². The van der Waals surface area contributed by atoms with Gasteiger partial charge in [-0.3, -0.25) is 0 Å². The van der Waals surface area contributed by atoms with Crippen molar-refractivity contribution in [2.45, 2.75) is 6.42 Å². The van der Waals surface area contributed by atoms with Crippen LogP contribution in [0, 0.1) is 0 Å². The van der Waals surface area contributed by atoms with Gasteiger partial charge in [-0.1, -0.05) is 42.5 Å². The molecule has 0 bridgehead atoms. The van der Waals surface area contributed by atoms with Crippen molar-refractivity contribution in [3.05, 3.63) is 90.0 Å². The van der Waals surface area contributed by atoms with Crippen LogP contribution in [-0.4, -0.2) is 7.11 Å². The molecule has 0 heterocycles. The zero-order chi connectivity index (χ0) is 17.5. The van der Waals surface area contributed by atoms with Gasteiger partial charge in [0.15, 0.2) is 0 Å². The van der Waals surface area contributed by atoms with E-state index in [1.807, 2.05) is 24.3 Å². The van der Waals surface area contributed by atoms with E-state index in [4.69, 9.17) is 4.74 Å². The first-order chi connectivity index (χ1) is 12.8. The van der Waals surface area contributed by atoms with Crippen molar-refractivity contribution in [3.63, 3.8) is 0 Å². The minimum atomic E-state index is 0.866. The number of hydrogen-bond acceptors (Lipinski definition) is 2. The van der Waals surface area contributed by atoms with Crippen LogP contribution in [0.2, 0.25) is 0 Å². The summed E-state index contributed by atoms with van der Waals surface area (Å²) in [6.07, 6.45) is 1.01. The molecule has 26 heavy (non-hydrogen) atoms. The topological polar surface area (TPSA) is 21.3 Å². The zero-order valence-corrected chi connectivity index (χ0v) is 14.6. The second-order valence-electron chi connectivity index (χ2n) is 6.72. The minimum absolute atomic E-state index is 0.866. The number of nitrogens with one attached hydrogen (secondary N) is 1. The summed E-state index contributed by atoms with van der Waals surface area (Å²) in [6, 6.07) is 27.9. The monoisotopic (exact) mass is 337 g/mol. The lowest BCUT2D eigenvalue weighted by molar-refractivity contribution is 0.415. The fourth-order valence-corrected chi connectivity index (χ4v) is 3.87. The van der Waals surface area contributed by atoms with Crippen molar-refractivity contribution >= 4 is 22.1 Å². The average molecular weight is 337 g/mol. The third-order valence-electron chi connectivity index (χ3n) is 5.15. The van der Waals surface area contributed by atoms with Gasteiger partial charge >= 0.3 is 0 Å². The number of rotatable bonds is 3. The molecule has 0 aromatic heterocycles. The van der Waals surface area contributed by atoms with Crippen LogP contribution >= 0.6 is 0 Å². The molecule has 2 nitrogen and oxygen atoms in total. The van der Waals surface area contributed by atoms with Crippen LogP contribution in [0.25, 0.3) is 21.9 Å². The standard InChI is InChI=1S/C24H19NO/c1-26-21-12-10-19(11-13-21)25-20-9-8-17-14-18-7-6-16-4-2-3-5-22(16)24(18)23(17)15-20/h2-13,15,25H,14H2,1H3. The van der Waals surface area contributed by atoms with Crippen molar-refractivity contribution in [3.8, 4) is 16.9 Å². The van der Waals surface area contributed by atoms with Gasteiger partial charge in [0.1, 0.15) is 5.75 Å². The maximum absolute atomic E-state index is 5.23. The lowest BCUT2D eigenvalue weighted by atomic mass is 9.98. The van der Waals surface area contributed by atoms with Crippen LogP contribution in [0.5, 0.6) is 5.75 Å². The normalized spacial score (nSPS) is 11.9. The maximum atomic E-state index is 5.23. The van der Waals surface area contributed by atoms with Crippen LogP contribution in [0.4, 0.5) is 11.4 Å². The van der Waals surface area contributed by atoms with Crippen molar-refractivity contribution in [2.75, 3.05) is 12.4 Å². The van der Waals surface area contributed by atoms with Gasteiger partial charge in [-0.15, -0.1) is 0 Å². The van der Waals surface area contributed by atoms with E-state index in [-0.39, 0.29) is 0 Å². The molecule has 0 aliphatic heterocycles. The Morgan fingerprint density at radius 2 is 1.54 bits per heavy atom. The molecule has 0 unspecified atom stereocenters. The molecule has 1 aliphatic carbocycles. The van der Waals surface area contributed by atoms with Gasteiger partial charge < -0.3 is 10.1 Å². The Hall–Kier alpha value is -3.26. The summed E-state index contributed by atoms with van der Waals surface area (Å²) in [5.41, 5.74) is 7.71. The largest absolute Gasteiger partial charge is 0.497 e. The highest BCUT2D eigenvalue weighted by Crippen LogP contribution is 2.42. The minimum Gasteiger partial charge on any atom is -0.497 e. The Bertz CT molecular complexity index is 1110. The maximum Gasteiger partial charge on any atom is 0.119 e. The predicted molar refractivity (Wildman–Crippen MR) is 108 cm³/mol. The average Bonchev–Trinajstić information content (AvgIpc) is 3.07. The summed E-state index contributed by atoms with van der Waals surface area (Å²) in [7, 11) is 1.69. The van der Waals surface area contributed by atoms with Crippen LogP contribution in [0.15, 0.2) is 78.9 Å². The van der Waals surface area contributed by atoms with Gasteiger partial charge in [-0.05, 0) is 75.8 Å². The Morgan fingerprint density at radius 3 is 2.38 bits per heavy atom. The Morgan fingerprint density at radius 1 is 0.769 bits per heavy atom. The summed E-state index contributed by atoms with van der Waals surface area (Å²) in [6.45, 7) is 0. The highest BCUT2D eigenvalue weighted by Gasteiger charge is 2.20. The fourth-order valence-electron chi connectivity index (χ4n) is 3.87. The van der Waals surface area contributed by atoms with Gasteiger partial charge in [-0.2, -0.15) is 0 Å². The molecule has 2 heteroatoms. The van der Waals surface area contributed by atoms with E-state index in [1.165, 1.54) is 33.0 Å². The van der Waals surface area contributed by atoms with Crippen molar-refractivity contribution in [2.24, 2.45) is 0 Å². The summed E-state index contributed by atoms with van der Waals surface area (Å²) in [5.74, 6) is 0.866. The number of benzene rings is 4. The second kappa shape index (κ2) is 5.92. The SMILES string of the molecule is COc1ccc(Nc2ccc3c(c2)-c2c(ccc4ccccc24)C3)cc1. The summed E-state index contributed by atoms with van der Waals surface area (Å²) >= 11 is 0. The molecule has 1 aliphatic rings. The van der Waals surface area contributed by atoms with Crippen LogP contribution in [0.3, 0.4) is 0 Å². The van der Waals surface area contributed by atoms with Crippen LogP contribution < -0.4 is 10.1 Å². The van der Waals surface area contributed by atoms with Crippen molar-refractivity contribution in [1.29, 1.82) is 0 Å². The number of hydrogen-bond donors (Lipinski definition) is 1. The molecular formula is C24H19NO. The summed E-state index contributed by atoms with van der Waals surface area (Å²) in [4.78, 5) is 0. The molecule has 1 N–H and O–H groups in total. The highest BCUT2D eigenvalue weighted by molar-refractivity contribution is 6.01.